The molecule has 2 aliphatic heterocycles. The first-order chi connectivity index (χ1) is 8.81. The zero-order chi connectivity index (χ0) is 14.0. The van der Waals surface area contributed by atoms with Crippen molar-refractivity contribution in [2.24, 2.45) is 5.92 Å². The molecule has 1 saturated carbocycles. The fourth-order valence-electron chi connectivity index (χ4n) is 5.04. The molecule has 2 heterocycles. The standard InChI is InChI=1S/C15H26BNOS/c1-9(2)15-7-6-11-12(8-14(15,5)16-15)19-13(18)17(11)10(3)4/h9-12,16H,6-8H2,1-5H3. The van der Waals surface area contributed by atoms with Crippen LogP contribution < -0.4 is 0 Å². The monoisotopic (exact) mass is 279 g/mol. The van der Waals surface area contributed by atoms with Gasteiger partial charge in [0.2, 0.25) is 0 Å². The molecule has 3 rings (SSSR count). The Bertz CT molecular complexity index is 413. The lowest BCUT2D eigenvalue weighted by atomic mass is 9.74. The Balaban J connectivity index is 1.85. The van der Waals surface area contributed by atoms with E-state index >= 15 is 0 Å². The van der Waals surface area contributed by atoms with Crippen molar-refractivity contribution in [1.82, 2.24) is 4.90 Å². The van der Waals surface area contributed by atoms with Crippen molar-refractivity contribution >= 4 is 24.3 Å². The van der Waals surface area contributed by atoms with Gasteiger partial charge in [0.1, 0.15) is 7.28 Å². The molecule has 19 heavy (non-hydrogen) atoms. The van der Waals surface area contributed by atoms with Gasteiger partial charge in [0.25, 0.3) is 5.24 Å². The number of nitrogens with zero attached hydrogens (tertiary/aromatic N) is 1. The molecule has 0 radical (unpaired) electrons. The SMILES string of the molecule is CC(C)N1C(=O)SC2CC3(C)BC3(C(C)C)CCC21. The highest BCUT2D eigenvalue weighted by Gasteiger charge is 2.68. The second kappa shape index (κ2) is 4.19. The van der Waals surface area contributed by atoms with E-state index in [1.54, 1.807) is 11.8 Å². The molecule has 0 N–H and O–H groups in total. The van der Waals surface area contributed by atoms with E-state index in [1.165, 1.54) is 26.5 Å². The number of carbonyl (C=O) groups excluding carboxylic acids is 1. The van der Waals surface area contributed by atoms with Crippen LogP contribution in [0.5, 0.6) is 0 Å². The predicted octanol–water partition coefficient (Wildman–Crippen LogP) is 3.93. The third-order valence-electron chi connectivity index (χ3n) is 6.23. The van der Waals surface area contributed by atoms with E-state index in [2.05, 4.69) is 39.5 Å². The molecule has 2 saturated heterocycles. The minimum atomic E-state index is 0.325. The molecule has 0 aromatic carbocycles. The summed E-state index contributed by atoms with van der Waals surface area (Å²) in [6.45, 7) is 11.6. The number of carbonyl (C=O) groups is 1. The van der Waals surface area contributed by atoms with Gasteiger partial charge in [0, 0.05) is 17.3 Å². The first kappa shape index (κ1) is 13.8. The van der Waals surface area contributed by atoms with Crippen LogP contribution in [0.3, 0.4) is 0 Å². The summed E-state index contributed by atoms with van der Waals surface area (Å²) in [5.41, 5.74) is 0. The molecule has 4 atom stereocenters. The molecule has 4 unspecified atom stereocenters. The second-order valence-electron chi connectivity index (χ2n) is 7.78. The van der Waals surface area contributed by atoms with Gasteiger partial charge < -0.3 is 4.90 Å². The van der Waals surface area contributed by atoms with E-state index in [9.17, 15) is 4.79 Å². The molecule has 106 valence electrons. The highest BCUT2D eigenvalue weighted by Crippen LogP contribution is 2.79. The maximum absolute atomic E-state index is 12.2. The second-order valence-corrected chi connectivity index (χ2v) is 8.97. The smallest absolute Gasteiger partial charge is 0.282 e. The number of fused-ring (bicyclic) bond motifs is 2. The molecule has 1 amide bonds. The highest BCUT2D eigenvalue weighted by atomic mass is 32.2. The lowest BCUT2D eigenvalue weighted by Crippen LogP contribution is -2.41. The Morgan fingerprint density at radius 1 is 1.37 bits per heavy atom. The number of rotatable bonds is 2. The van der Waals surface area contributed by atoms with Crippen LogP contribution in [0.4, 0.5) is 4.79 Å². The molecule has 2 nitrogen and oxygen atoms in total. The average molecular weight is 279 g/mol. The minimum Gasteiger partial charge on any atom is -0.327 e. The normalized spacial score (nSPS) is 45.0. The molecule has 0 aromatic heterocycles. The van der Waals surface area contributed by atoms with Gasteiger partial charge >= 0.3 is 0 Å². The van der Waals surface area contributed by atoms with Gasteiger partial charge in [-0.2, -0.15) is 0 Å². The summed E-state index contributed by atoms with van der Waals surface area (Å²) in [6.07, 6.45) is 3.78. The molecule has 0 bridgehead atoms. The Hall–Kier alpha value is -0.115. The van der Waals surface area contributed by atoms with Crippen LogP contribution in [-0.4, -0.2) is 34.8 Å². The first-order valence-corrected chi connectivity index (χ1v) is 8.68. The first-order valence-electron chi connectivity index (χ1n) is 7.80. The number of hydrogen-bond acceptors (Lipinski definition) is 2. The summed E-state index contributed by atoms with van der Waals surface area (Å²) in [7, 11) is 1.39. The molecule has 1 aliphatic carbocycles. The van der Waals surface area contributed by atoms with Gasteiger partial charge in [0.15, 0.2) is 0 Å². The van der Waals surface area contributed by atoms with Crippen LogP contribution in [-0.2, 0) is 0 Å². The fourth-order valence-corrected chi connectivity index (χ4v) is 6.64. The summed E-state index contributed by atoms with van der Waals surface area (Å²) in [5, 5.41) is 1.94. The van der Waals surface area contributed by atoms with Crippen molar-refractivity contribution in [3.8, 4) is 0 Å². The van der Waals surface area contributed by atoms with Crippen LogP contribution in [0.15, 0.2) is 0 Å². The molecule has 0 aromatic rings. The Morgan fingerprint density at radius 2 is 2.05 bits per heavy atom. The van der Waals surface area contributed by atoms with E-state index < -0.39 is 0 Å². The van der Waals surface area contributed by atoms with Crippen LogP contribution in [0, 0.1) is 5.92 Å². The minimum absolute atomic E-state index is 0.325. The maximum atomic E-state index is 12.2. The average Bonchev–Trinajstić information content (AvgIpc) is 2.78. The lowest BCUT2D eigenvalue weighted by Gasteiger charge is -2.30. The number of hydrogen-bond donors (Lipinski definition) is 0. The lowest BCUT2D eigenvalue weighted by molar-refractivity contribution is 0.179. The third kappa shape index (κ3) is 1.81. The Morgan fingerprint density at radius 3 is 2.63 bits per heavy atom. The molecule has 3 aliphatic rings. The molecular weight excluding hydrogens is 253 g/mol. The fraction of sp³-hybridized carbons (Fsp3) is 0.933. The molecular formula is C15H26BNOS. The van der Waals surface area contributed by atoms with Crippen molar-refractivity contribution in [3.05, 3.63) is 0 Å². The molecule has 0 spiro atoms. The summed E-state index contributed by atoms with van der Waals surface area (Å²) in [6, 6.07) is 0.852. The largest absolute Gasteiger partial charge is 0.327 e. The summed E-state index contributed by atoms with van der Waals surface area (Å²) in [4.78, 5) is 14.4. The van der Waals surface area contributed by atoms with Gasteiger partial charge in [-0.25, -0.2) is 0 Å². The Kier molecular flexibility index (Phi) is 3.05. The van der Waals surface area contributed by atoms with E-state index in [1.807, 2.05) is 0 Å². The van der Waals surface area contributed by atoms with Crippen molar-refractivity contribution in [2.75, 3.05) is 0 Å². The van der Waals surface area contributed by atoms with Crippen LogP contribution in [0.25, 0.3) is 0 Å². The van der Waals surface area contributed by atoms with Gasteiger partial charge in [0.05, 0.1) is 0 Å². The topological polar surface area (TPSA) is 20.3 Å². The van der Waals surface area contributed by atoms with Crippen LogP contribution >= 0.6 is 11.8 Å². The van der Waals surface area contributed by atoms with Crippen molar-refractivity contribution in [2.45, 2.75) is 81.8 Å². The van der Waals surface area contributed by atoms with Gasteiger partial charge in [-0.1, -0.05) is 49.6 Å². The quantitative estimate of drug-likeness (QED) is 0.714. The maximum Gasteiger partial charge on any atom is 0.282 e. The van der Waals surface area contributed by atoms with Crippen LogP contribution in [0.1, 0.15) is 53.9 Å². The number of amides is 1. The van der Waals surface area contributed by atoms with Gasteiger partial charge in [-0.3, -0.25) is 4.79 Å². The zero-order valence-electron chi connectivity index (χ0n) is 12.9. The third-order valence-corrected chi connectivity index (χ3v) is 7.43. The molecule has 3 fully saturated rings. The van der Waals surface area contributed by atoms with Gasteiger partial charge in [-0.15, -0.1) is 0 Å². The van der Waals surface area contributed by atoms with Gasteiger partial charge in [-0.05, 0) is 32.6 Å². The summed E-state index contributed by atoms with van der Waals surface area (Å²) < 4.78 is 0. The van der Waals surface area contributed by atoms with Crippen molar-refractivity contribution < 1.29 is 4.79 Å². The summed E-state index contributed by atoms with van der Waals surface area (Å²) >= 11 is 1.63. The van der Waals surface area contributed by atoms with E-state index in [4.69, 9.17) is 0 Å². The van der Waals surface area contributed by atoms with Crippen molar-refractivity contribution in [1.29, 1.82) is 0 Å². The highest BCUT2D eigenvalue weighted by molar-refractivity contribution is 8.14. The van der Waals surface area contributed by atoms with E-state index in [0.717, 1.165) is 5.92 Å². The predicted molar refractivity (Wildman–Crippen MR) is 84.4 cm³/mol. The summed E-state index contributed by atoms with van der Waals surface area (Å²) in [5.74, 6) is 0.782. The van der Waals surface area contributed by atoms with E-state index in [-0.39, 0.29) is 0 Å². The van der Waals surface area contributed by atoms with E-state index in [0.29, 0.717) is 33.2 Å². The number of thioether (sulfide) groups is 1. The zero-order valence-corrected chi connectivity index (χ0v) is 13.7. The molecule has 4 heteroatoms. The van der Waals surface area contributed by atoms with Crippen LogP contribution in [0.2, 0.25) is 10.6 Å². The van der Waals surface area contributed by atoms with Crippen molar-refractivity contribution in [3.63, 3.8) is 0 Å². The Labute approximate surface area is 122 Å².